The molecule has 3 rings (SSSR count). The van der Waals surface area contributed by atoms with E-state index < -0.39 is 18.0 Å². The van der Waals surface area contributed by atoms with Crippen molar-refractivity contribution in [3.8, 4) is 5.75 Å². The Labute approximate surface area is 218 Å². The number of hydrogen-bond donors (Lipinski definition) is 3. The molecule has 0 saturated carbocycles. The van der Waals surface area contributed by atoms with Gasteiger partial charge in [0.05, 0.1) is 26.9 Å². The highest BCUT2D eigenvalue weighted by molar-refractivity contribution is 5.92. The number of carbonyl (C=O) groups excluding carboxylic acids is 3. The minimum absolute atomic E-state index is 0.129. The molecule has 1 aliphatic rings. The number of nitrogens with zero attached hydrogens (tertiary/aromatic N) is 1. The van der Waals surface area contributed by atoms with Crippen LogP contribution in [0, 0.1) is 0 Å². The molecule has 0 bridgehead atoms. The quantitative estimate of drug-likeness (QED) is 0.397. The molecule has 0 aromatic heterocycles. The molecule has 2 aromatic rings. The molecule has 3 amide bonds. The normalized spacial score (nSPS) is 16.2. The molecule has 1 heterocycles. The largest absolute Gasteiger partial charge is 0.497 e. The topological polar surface area (TPSA) is 109 Å². The summed E-state index contributed by atoms with van der Waals surface area (Å²) in [5.74, 6) is -0.224. The summed E-state index contributed by atoms with van der Waals surface area (Å²) >= 11 is 0. The summed E-state index contributed by atoms with van der Waals surface area (Å²) in [6.45, 7) is 6.30. The zero-order valence-corrected chi connectivity index (χ0v) is 21.9. The average Bonchev–Trinajstić information content (AvgIpc) is 2.89. The van der Waals surface area contributed by atoms with E-state index in [1.54, 1.807) is 14.0 Å². The Kier molecular flexibility index (Phi) is 10.9. The van der Waals surface area contributed by atoms with Gasteiger partial charge in [-0.2, -0.15) is 0 Å². The molecule has 37 heavy (non-hydrogen) atoms. The van der Waals surface area contributed by atoms with Gasteiger partial charge >= 0.3 is 0 Å². The van der Waals surface area contributed by atoms with Crippen molar-refractivity contribution in [1.29, 1.82) is 0 Å². The molecule has 3 N–H and O–H groups in total. The fourth-order valence-electron chi connectivity index (χ4n) is 4.18. The molecule has 0 aliphatic carbocycles. The van der Waals surface area contributed by atoms with Crippen LogP contribution in [0.15, 0.2) is 54.6 Å². The van der Waals surface area contributed by atoms with Gasteiger partial charge in [0.25, 0.3) is 0 Å². The second-order valence-corrected chi connectivity index (χ2v) is 9.39. The van der Waals surface area contributed by atoms with Crippen molar-refractivity contribution in [3.05, 3.63) is 65.7 Å². The van der Waals surface area contributed by atoms with Crippen LogP contribution in [0.5, 0.6) is 5.75 Å². The zero-order valence-electron chi connectivity index (χ0n) is 21.9. The monoisotopic (exact) mass is 510 g/mol. The van der Waals surface area contributed by atoms with E-state index >= 15 is 0 Å². The number of ether oxygens (including phenoxy) is 2. The lowest BCUT2D eigenvalue weighted by molar-refractivity contribution is -0.132. The minimum atomic E-state index is -0.808. The first-order valence-corrected chi connectivity index (χ1v) is 12.7. The molecule has 9 heteroatoms. The van der Waals surface area contributed by atoms with Crippen LogP contribution in [0.25, 0.3) is 0 Å². The standard InChI is InChI=1S/C28H38N4O5/c1-20(17-22-7-5-4-6-8-22)29-28(35)25(18-23-9-11-24(36-3)12-10-23)31-27(34)21(2)30-26(33)19-32-13-15-37-16-14-32/h4-12,20-21,25H,13-19H2,1-3H3,(H,29,35)(H,30,33)(H,31,34)/t20-,21-,25+/m1/s1. The van der Waals surface area contributed by atoms with Gasteiger partial charge in [-0.3, -0.25) is 19.3 Å². The van der Waals surface area contributed by atoms with Gasteiger partial charge in [0.1, 0.15) is 17.8 Å². The van der Waals surface area contributed by atoms with E-state index in [2.05, 4.69) is 16.0 Å². The van der Waals surface area contributed by atoms with Crippen LogP contribution in [0.4, 0.5) is 0 Å². The van der Waals surface area contributed by atoms with Crippen molar-refractivity contribution in [1.82, 2.24) is 20.9 Å². The first-order chi connectivity index (χ1) is 17.8. The fourth-order valence-corrected chi connectivity index (χ4v) is 4.18. The van der Waals surface area contributed by atoms with Crippen LogP contribution in [0.2, 0.25) is 0 Å². The molecule has 0 radical (unpaired) electrons. The summed E-state index contributed by atoms with van der Waals surface area (Å²) in [7, 11) is 1.59. The van der Waals surface area contributed by atoms with Crippen molar-refractivity contribution in [2.24, 2.45) is 0 Å². The van der Waals surface area contributed by atoms with Gasteiger partial charge in [-0.15, -0.1) is 0 Å². The maximum Gasteiger partial charge on any atom is 0.243 e. The summed E-state index contributed by atoms with van der Waals surface area (Å²) in [6.07, 6.45) is 0.970. The average molecular weight is 511 g/mol. The molecule has 2 aromatic carbocycles. The van der Waals surface area contributed by atoms with Crippen molar-refractivity contribution >= 4 is 17.7 Å². The zero-order chi connectivity index (χ0) is 26.6. The Hall–Kier alpha value is -3.43. The van der Waals surface area contributed by atoms with E-state index in [1.165, 1.54) is 0 Å². The van der Waals surface area contributed by atoms with Crippen molar-refractivity contribution in [2.75, 3.05) is 40.0 Å². The molecule has 0 spiro atoms. The van der Waals surface area contributed by atoms with Crippen LogP contribution >= 0.6 is 0 Å². The third-order valence-electron chi connectivity index (χ3n) is 6.25. The Balaban J connectivity index is 1.61. The Morgan fingerprint density at radius 3 is 2.16 bits per heavy atom. The Morgan fingerprint density at radius 1 is 0.865 bits per heavy atom. The van der Waals surface area contributed by atoms with Gasteiger partial charge in [0.15, 0.2) is 0 Å². The summed E-state index contributed by atoms with van der Waals surface area (Å²) in [4.78, 5) is 40.7. The van der Waals surface area contributed by atoms with Crippen LogP contribution < -0.4 is 20.7 Å². The number of hydrogen-bond acceptors (Lipinski definition) is 6. The lowest BCUT2D eigenvalue weighted by Gasteiger charge is -2.27. The van der Waals surface area contributed by atoms with E-state index in [1.807, 2.05) is 66.4 Å². The third-order valence-corrected chi connectivity index (χ3v) is 6.25. The van der Waals surface area contributed by atoms with Gasteiger partial charge < -0.3 is 25.4 Å². The highest BCUT2D eigenvalue weighted by Gasteiger charge is 2.26. The number of amides is 3. The van der Waals surface area contributed by atoms with Crippen LogP contribution in [-0.4, -0.2) is 80.7 Å². The molecule has 200 valence electrons. The summed E-state index contributed by atoms with van der Waals surface area (Å²) in [5.41, 5.74) is 1.99. The molecule has 9 nitrogen and oxygen atoms in total. The number of carbonyl (C=O) groups is 3. The van der Waals surface area contributed by atoms with Crippen LogP contribution in [0.3, 0.4) is 0 Å². The van der Waals surface area contributed by atoms with Gasteiger partial charge in [0.2, 0.25) is 17.7 Å². The van der Waals surface area contributed by atoms with Crippen molar-refractivity contribution in [2.45, 2.75) is 44.8 Å². The van der Waals surface area contributed by atoms with E-state index in [-0.39, 0.29) is 24.4 Å². The number of benzene rings is 2. The minimum Gasteiger partial charge on any atom is -0.497 e. The number of methoxy groups -OCH3 is 1. The van der Waals surface area contributed by atoms with Crippen LogP contribution in [-0.2, 0) is 32.0 Å². The molecule has 1 saturated heterocycles. The molecular formula is C28H38N4O5. The number of rotatable bonds is 12. The Bertz CT molecular complexity index is 1010. The first kappa shape index (κ1) is 28.1. The van der Waals surface area contributed by atoms with Gasteiger partial charge in [0, 0.05) is 25.6 Å². The van der Waals surface area contributed by atoms with E-state index in [4.69, 9.17) is 9.47 Å². The summed E-state index contributed by atoms with van der Waals surface area (Å²) < 4.78 is 10.5. The van der Waals surface area contributed by atoms with E-state index in [0.717, 1.165) is 11.1 Å². The summed E-state index contributed by atoms with van der Waals surface area (Å²) in [5, 5.41) is 8.61. The van der Waals surface area contributed by atoms with Gasteiger partial charge in [-0.1, -0.05) is 42.5 Å². The predicted molar refractivity (Wildman–Crippen MR) is 141 cm³/mol. The number of morpholine rings is 1. The van der Waals surface area contributed by atoms with Crippen molar-refractivity contribution in [3.63, 3.8) is 0 Å². The van der Waals surface area contributed by atoms with Crippen molar-refractivity contribution < 1.29 is 23.9 Å². The maximum atomic E-state index is 13.3. The highest BCUT2D eigenvalue weighted by atomic mass is 16.5. The third kappa shape index (κ3) is 9.51. The first-order valence-electron chi connectivity index (χ1n) is 12.7. The van der Waals surface area contributed by atoms with E-state index in [9.17, 15) is 14.4 Å². The highest BCUT2D eigenvalue weighted by Crippen LogP contribution is 2.13. The molecule has 0 unspecified atom stereocenters. The number of nitrogens with one attached hydrogen (secondary N) is 3. The molecule has 1 fully saturated rings. The second-order valence-electron chi connectivity index (χ2n) is 9.39. The maximum absolute atomic E-state index is 13.3. The SMILES string of the molecule is COc1ccc(C[C@H](NC(=O)[C@@H](C)NC(=O)CN2CCOCC2)C(=O)N[C@H](C)Cc2ccccc2)cc1. The molecule has 3 atom stereocenters. The van der Waals surface area contributed by atoms with Crippen LogP contribution in [0.1, 0.15) is 25.0 Å². The lowest BCUT2D eigenvalue weighted by Crippen LogP contribution is -2.55. The van der Waals surface area contributed by atoms with Gasteiger partial charge in [-0.05, 0) is 43.5 Å². The second kappa shape index (κ2) is 14.3. The summed E-state index contributed by atoms with van der Waals surface area (Å²) in [6, 6.07) is 15.6. The fraction of sp³-hybridized carbons (Fsp3) is 0.464. The molecule has 1 aliphatic heterocycles. The van der Waals surface area contributed by atoms with E-state index in [0.29, 0.717) is 44.9 Å². The molecular weight excluding hydrogens is 472 g/mol. The van der Waals surface area contributed by atoms with Gasteiger partial charge in [-0.25, -0.2) is 0 Å². The smallest absolute Gasteiger partial charge is 0.243 e. The Morgan fingerprint density at radius 2 is 1.51 bits per heavy atom. The lowest BCUT2D eigenvalue weighted by atomic mass is 10.0. The predicted octanol–water partition coefficient (Wildman–Crippen LogP) is 1.31.